The van der Waals surface area contributed by atoms with Gasteiger partial charge in [0.05, 0.1) is 19.1 Å². The van der Waals surface area contributed by atoms with Crippen LogP contribution < -0.4 is 0 Å². The summed E-state index contributed by atoms with van der Waals surface area (Å²) in [6.07, 6.45) is 3.00. The number of unbranched alkanes of at least 4 members (excludes halogenated alkanes) is 1. The van der Waals surface area contributed by atoms with Crippen LogP contribution in [-0.4, -0.2) is 30.2 Å². The number of aldehydes is 1. The van der Waals surface area contributed by atoms with Crippen LogP contribution in [0.3, 0.4) is 0 Å². The average molecular weight is 318 g/mol. The number of Topliss-reactive ketones (excluding diaryl/α,β-unsaturated/α-hetero) is 1. The van der Waals surface area contributed by atoms with Gasteiger partial charge in [0.2, 0.25) is 0 Å². The van der Waals surface area contributed by atoms with Gasteiger partial charge in [-0.3, -0.25) is 9.59 Å². The van der Waals surface area contributed by atoms with Crippen molar-refractivity contribution in [3.05, 3.63) is 35.9 Å². The van der Waals surface area contributed by atoms with E-state index in [1.807, 2.05) is 30.3 Å². The fraction of sp³-hybridized carbons (Fsp3) is 0.500. The van der Waals surface area contributed by atoms with Gasteiger partial charge in [-0.25, -0.2) is 0 Å². The van der Waals surface area contributed by atoms with Crippen molar-refractivity contribution >= 4 is 18.0 Å². The summed E-state index contributed by atoms with van der Waals surface area (Å²) < 4.78 is 10.9. The maximum atomic E-state index is 12.0. The van der Waals surface area contributed by atoms with Gasteiger partial charge in [0.1, 0.15) is 18.2 Å². The first-order chi connectivity index (χ1) is 11.2. The van der Waals surface area contributed by atoms with Crippen LogP contribution in [0.15, 0.2) is 30.3 Å². The normalized spacial score (nSPS) is 17.9. The molecule has 1 heterocycles. The molecule has 0 bridgehead atoms. The second-order valence-electron chi connectivity index (χ2n) is 5.77. The number of ether oxygens (including phenoxy) is 2. The van der Waals surface area contributed by atoms with Gasteiger partial charge < -0.3 is 14.3 Å². The van der Waals surface area contributed by atoms with E-state index < -0.39 is 0 Å². The molecule has 0 radical (unpaired) electrons. The Morgan fingerprint density at radius 2 is 2.09 bits per heavy atom. The van der Waals surface area contributed by atoms with E-state index in [-0.39, 0.29) is 24.0 Å². The molecule has 23 heavy (non-hydrogen) atoms. The highest BCUT2D eigenvalue weighted by Gasteiger charge is 2.31. The predicted octanol–water partition coefficient (Wildman–Crippen LogP) is 2.61. The largest absolute Gasteiger partial charge is 0.462 e. The molecule has 1 aromatic rings. The van der Waals surface area contributed by atoms with Crippen LogP contribution in [0.25, 0.3) is 0 Å². The van der Waals surface area contributed by atoms with E-state index in [0.717, 1.165) is 11.8 Å². The number of carbonyl (C=O) groups excluding carboxylic acids is 3. The zero-order valence-corrected chi connectivity index (χ0v) is 13.1. The highest BCUT2D eigenvalue weighted by molar-refractivity contribution is 5.79. The van der Waals surface area contributed by atoms with Gasteiger partial charge in [-0.2, -0.15) is 0 Å². The monoisotopic (exact) mass is 318 g/mol. The molecule has 0 spiro atoms. The molecule has 0 aliphatic carbocycles. The van der Waals surface area contributed by atoms with Gasteiger partial charge in [-0.05, 0) is 12.0 Å². The summed E-state index contributed by atoms with van der Waals surface area (Å²) in [4.78, 5) is 33.2. The van der Waals surface area contributed by atoms with Crippen LogP contribution in [0.2, 0.25) is 0 Å². The molecule has 0 amide bonds. The molecule has 5 nitrogen and oxygen atoms in total. The standard InChI is InChI=1S/C18H22O5/c19-9-5-4-8-15(20)10-16(11-17-12-18(21)23-17)22-13-14-6-2-1-3-7-14/h1-3,6-7,9,16-17H,4-5,8,10-13H2/t16-,17-/m0/s1. The minimum absolute atomic E-state index is 0.0792. The number of rotatable bonds is 11. The van der Waals surface area contributed by atoms with Gasteiger partial charge in [-0.1, -0.05) is 30.3 Å². The van der Waals surface area contributed by atoms with Crippen molar-refractivity contribution in [2.24, 2.45) is 0 Å². The topological polar surface area (TPSA) is 69.7 Å². The lowest BCUT2D eigenvalue weighted by Crippen LogP contribution is -2.36. The van der Waals surface area contributed by atoms with Crippen molar-refractivity contribution in [3.63, 3.8) is 0 Å². The van der Waals surface area contributed by atoms with Gasteiger partial charge in [0, 0.05) is 25.7 Å². The second-order valence-corrected chi connectivity index (χ2v) is 5.77. The Morgan fingerprint density at radius 3 is 2.74 bits per heavy atom. The second kappa shape index (κ2) is 9.20. The van der Waals surface area contributed by atoms with Crippen LogP contribution >= 0.6 is 0 Å². The molecule has 1 aliphatic heterocycles. The van der Waals surface area contributed by atoms with Gasteiger partial charge in [-0.15, -0.1) is 0 Å². The lowest BCUT2D eigenvalue weighted by molar-refractivity contribution is -0.173. The fourth-order valence-corrected chi connectivity index (χ4v) is 2.52. The molecule has 2 rings (SSSR count). The van der Waals surface area contributed by atoms with Gasteiger partial charge >= 0.3 is 5.97 Å². The Kier molecular flexibility index (Phi) is 6.94. The molecule has 5 heteroatoms. The third-order valence-electron chi connectivity index (χ3n) is 3.78. The SMILES string of the molecule is O=CCCCC(=O)C[C@@H](C[C@H]1CC(=O)O1)OCc1ccccc1. The number of hydrogen-bond acceptors (Lipinski definition) is 5. The Bertz CT molecular complexity index is 517. The van der Waals surface area contributed by atoms with Crippen molar-refractivity contribution in [2.45, 2.75) is 57.3 Å². The number of cyclic esters (lactones) is 1. The molecule has 1 aliphatic rings. The van der Waals surface area contributed by atoms with E-state index in [4.69, 9.17) is 9.47 Å². The third kappa shape index (κ3) is 6.32. The fourth-order valence-electron chi connectivity index (χ4n) is 2.52. The van der Waals surface area contributed by atoms with Gasteiger partial charge in [0.15, 0.2) is 0 Å². The summed E-state index contributed by atoms with van der Waals surface area (Å²) in [5, 5.41) is 0. The van der Waals surface area contributed by atoms with Crippen molar-refractivity contribution < 1.29 is 23.9 Å². The zero-order valence-electron chi connectivity index (χ0n) is 13.1. The molecule has 124 valence electrons. The lowest BCUT2D eigenvalue weighted by atomic mass is 9.99. The third-order valence-corrected chi connectivity index (χ3v) is 3.78. The Hall–Kier alpha value is -2.01. The van der Waals surface area contributed by atoms with Crippen molar-refractivity contribution in [1.82, 2.24) is 0 Å². The highest BCUT2D eigenvalue weighted by atomic mass is 16.6. The van der Waals surface area contributed by atoms with Crippen molar-refractivity contribution in [2.75, 3.05) is 0 Å². The summed E-state index contributed by atoms with van der Waals surface area (Å²) in [6, 6.07) is 9.74. The van der Waals surface area contributed by atoms with E-state index >= 15 is 0 Å². The number of hydrogen-bond donors (Lipinski definition) is 0. The molecule has 1 saturated heterocycles. The first-order valence-corrected chi connectivity index (χ1v) is 7.97. The summed E-state index contributed by atoms with van der Waals surface area (Å²) in [5.74, 6) is -0.121. The summed E-state index contributed by atoms with van der Waals surface area (Å²) in [7, 11) is 0. The van der Waals surface area contributed by atoms with Crippen LogP contribution in [0.1, 0.15) is 44.1 Å². The smallest absolute Gasteiger partial charge is 0.309 e. The molecular formula is C18H22O5. The highest BCUT2D eigenvalue weighted by Crippen LogP contribution is 2.22. The Morgan fingerprint density at radius 1 is 1.35 bits per heavy atom. The van der Waals surface area contributed by atoms with Crippen molar-refractivity contribution in [1.29, 1.82) is 0 Å². The van der Waals surface area contributed by atoms with Gasteiger partial charge in [0.25, 0.3) is 0 Å². The quantitative estimate of drug-likeness (QED) is 0.356. The van der Waals surface area contributed by atoms with E-state index in [0.29, 0.717) is 45.1 Å². The van der Waals surface area contributed by atoms with E-state index in [1.165, 1.54) is 0 Å². The molecular weight excluding hydrogens is 296 g/mol. The first-order valence-electron chi connectivity index (χ1n) is 7.97. The van der Waals surface area contributed by atoms with E-state index in [2.05, 4.69) is 0 Å². The predicted molar refractivity (Wildman–Crippen MR) is 83.7 cm³/mol. The molecule has 1 aromatic carbocycles. The Balaban J connectivity index is 1.82. The van der Waals surface area contributed by atoms with E-state index in [1.54, 1.807) is 0 Å². The van der Waals surface area contributed by atoms with Crippen LogP contribution in [0.4, 0.5) is 0 Å². The van der Waals surface area contributed by atoms with Crippen LogP contribution in [0.5, 0.6) is 0 Å². The average Bonchev–Trinajstić information content (AvgIpc) is 2.52. The zero-order chi connectivity index (χ0) is 16.5. The molecule has 0 saturated carbocycles. The number of esters is 1. The molecule has 0 N–H and O–H groups in total. The molecule has 0 unspecified atom stereocenters. The molecule has 0 aromatic heterocycles. The minimum atomic E-state index is -0.267. The minimum Gasteiger partial charge on any atom is -0.462 e. The summed E-state index contributed by atoms with van der Waals surface area (Å²) in [6.45, 7) is 0.424. The van der Waals surface area contributed by atoms with E-state index in [9.17, 15) is 14.4 Å². The summed E-state index contributed by atoms with van der Waals surface area (Å²) >= 11 is 0. The number of benzene rings is 1. The Labute approximate surface area is 136 Å². The number of carbonyl (C=O) groups is 3. The maximum absolute atomic E-state index is 12.0. The lowest BCUT2D eigenvalue weighted by Gasteiger charge is -2.29. The van der Waals surface area contributed by atoms with Crippen LogP contribution in [0, 0.1) is 0 Å². The van der Waals surface area contributed by atoms with Crippen LogP contribution in [-0.2, 0) is 30.5 Å². The van der Waals surface area contributed by atoms with Crippen molar-refractivity contribution in [3.8, 4) is 0 Å². The first kappa shape index (κ1) is 17.3. The number of ketones is 1. The summed E-state index contributed by atoms with van der Waals surface area (Å²) in [5.41, 5.74) is 1.04. The molecule has 2 atom stereocenters. The maximum Gasteiger partial charge on any atom is 0.309 e. The molecule has 1 fully saturated rings.